The molecule has 1 saturated carbocycles. The highest BCUT2D eigenvalue weighted by Gasteiger charge is 2.46. The van der Waals surface area contributed by atoms with Crippen LogP contribution in [0.2, 0.25) is 0 Å². The second-order valence-electron chi connectivity index (χ2n) is 5.54. The van der Waals surface area contributed by atoms with Crippen molar-refractivity contribution in [3.8, 4) is 0 Å². The molecule has 2 bridgehead atoms. The van der Waals surface area contributed by atoms with E-state index in [1.165, 1.54) is 6.07 Å². The summed E-state index contributed by atoms with van der Waals surface area (Å²) < 4.78 is 0. The molecular weight excluding hydrogens is 258 g/mol. The van der Waals surface area contributed by atoms with Gasteiger partial charge in [0.1, 0.15) is 0 Å². The van der Waals surface area contributed by atoms with Crippen LogP contribution < -0.4 is 4.90 Å². The average molecular weight is 273 g/mol. The standard InChI is InChI=1S/C15H15NO4/c1-8-2-5-12(11(6-8)15(19)20)16-13(17)9-3-4-10(7-9)14(16)18/h2,5-6,9-10H,3-4,7H2,1H3,(H,19,20). The molecule has 1 heterocycles. The van der Waals surface area contributed by atoms with Crippen LogP contribution in [0.1, 0.15) is 35.2 Å². The smallest absolute Gasteiger partial charge is 0.337 e. The first-order valence-electron chi connectivity index (χ1n) is 6.71. The summed E-state index contributed by atoms with van der Waals surface area (Å²) in [5.74, 6) is -1.91. The highest BCUT2D eigenvalue weighted by molar-refractivity contribution is 6.20. The Bertz CT molecular complexity index is 600. The zero-order chi connectivity index (χ0) is 14.4. The summed E-state index contributed by atoms with van der Waals surface area (Å²) in [5, 5.41) is 9.29. The highest BCUT2D eigenvalue weighted by atomic mass is 16.4. The first-order chi connectivity index (χ1) is 9.49. The number of nitrogens with zero attached hydrogens (tertiary/aromatic N) is 1. The van der Waals surface area contributed by atoms with Crippen molar-refractivity contribution in [2.24, 2.45) is 11.8 Å². The van der Waals surface area contributed by atoms with Crippen LogP contribution in [-0.4, -0.2) is 22.9 Å². The van der Waals surface area contributed by atoms with Gasteiger partial charge in [-0.15, -0.1) is 0 Å². The maximum atomic E-state index is 12.4. The molecule has 2 atom stereocenters. The van der Waals surface area contributed by atoms with Crippen LogP contribution in [0.4, 0.5) is 5.69 Å². The molecule has 2 aliphatic rings. The van der Waals surface area contributed by atoms with E-state index in [2.05, 4.69) is 0 Å². The summed E-state index contributed by atoms with van der Waals surface area (Å²) in [6.45, 7) is 1.78. The van der Waals surface area contributed by atoms with Gasteiger partial charge in [-0.25, -0.2) is 9.69 Å². The number of aromatic carboxylic acids is 1. The van der Waals surface area contributed by atoms with Gasteiger partial charge < -0.3 is 5.11 Å². The molecule has 1 aliphatic heterocycles. The molecule has 5 heteroatoms. The quantitative estimate of drug-likeness (QED) is 0.836. The van der Waals surface area contributed by atoms with Crippen molar-refractivity contribution >= 4 is 23.5 Å². The molecule has 1 N–H and O–H groups in total. The van der Waals surface area contributed by atoms with Crippen molar-refractivity contribution in [3.63, 3.8) is 0 Å². The van der Waals surface area contributed by atoms with E-state index in [-0.39, 0.29) is 34.9 Å². The predicted octanol–water partition coefficient (Wildman–Crippen LogP) is 1.98. The molecule has 2 fully saturated rings. The Morgan fingerprint density at radius 2 is 1.80 bits per heavy atom. The van der Waals surface area contributed by atoms with Gasteiger partial charge in [0, 0.05) is 11.8 Å². The summed E-state index contributed by atoms with van der Waals surface area (Å²) in [5.41, 5.74) is 0.994. The molecule has 0 spiro atoms. The number of amides is 2. The number of carbonyl (C=O) groups excluding carboxylic acids is 2. The van der Waals surface area contributed by atoms with Gasteiger partial charge in [-0.2, -0.15) is 0 Å². The molecule has 2 amide bonds. The van der Waals surface area contributed by atoms with E-state index in [1.807, 2.05) is 0 Å². The SMILES string of the molecule is Cc1ccc(N2C(=O)C3CCC(C3)C2=O)c(C(=O)O)c1. The summed E-state index contributed by atoms with van der Waals surface area (Å²) >= 11 is 0. The number of hydrogen-bond donors (Lipinski definition) is 1. The van der Waals surface area contributed by atoms with Gasteiger partial charge in [0.2, 0.25) is 11.8 Å². The lowest BCUT2D eigenvalue weighted by Gasteiger charge is -2.30. The fourth-order valence-electron chi connectivity index (χ4n) is 3.16. The zero-order valence-corrected chi connectivity index (χ0v) is 11.1. The summed E-state index contributed by atoms with van der Waals surface area (Å²) in [4.78, 5) is 37.2. The Hall–Kier alpha value is -2.17. The third kappa shape index (κ3) is 1.81. The summed E-state index contributed by atoms with van der Waals surface area (Å²) in [7, 11) is 0. The van der Waals surface area contributed by atoms with Crippen LogP contribution in [0.15, 0.2) is 18.2 Å². The van der Waals surface area contributed by atoms with Crippen LogP contribution in [0.3, 0.4) is 0 Å². The van der Waals surface area contributed by atoms with Gasteiger partial charge in [-0.05, 0) is 38.3 Å². The van der Waals surface area contributed by atoms with Crippen molar-refractivity contribution in [1.82, 2.24) is 0 Å². The number of carboxylic acid groups (broad SMARTS) is 1. The Morgan fingerprint density at radius 1 is 1.20 bits per heavy atom. The minimum absolute atomic E-state index is 0.00741. The van der Waals surface area contributed by atoms with Crippen LogP contribution in [0.25, 0.3) is 0 Å². The number of aryl methyl sites for hydroxylation is 1. The van der Waals surface area contributed by atoms with Gasteiger partial charge in [-0.1, -0.05) is 11.6 Å². The van der Waals surface area contributed by atoms with Crippen molar-refractivity contribution in [2.75, 3.05) is 4.90 Å². The lowest BCUT2D eigenvalue weighted by atomic mass is 9.95. The van der Waals surface area contributed by atoms with E-state index >= 15 is 0 Å². The van der Waals surface area contributed by atoms with E-state index in [4.69, 9.17) is 0 Å². The first kappa shape index (κ1) is 12.8. The molecule has 2 unspecified atom stereocenters. The number of anilines is 1. The van der Waals surface area contributed by atoms with E-state index < -0.39 is 5.97 Å². The van der Waals surface area contributed by atoms with E-state index in [9.17, 15) is 19.5 Å². The molecule has 3 rings (SSSR count). The number of fused-ring (bicyclic) bond motifs is 2. The Balaban J connectivity index is 2.10. The number of rotatable bonds is 2. The fourth-order valence-corrected chi connectivity index (χ4v) is 3.16. The summed E-state index contributed by atoms with van der Waals surface area (Å²) in [6, 6.07) is 4.77. The fraction of sp³-hybridized carbons (Fsp3) is 0.400. The molecule has 5 nitrogen and oxygen atoms in total. The third-order valence-electron chi connectivity index (χ3n) is 4.20. The minimum Gasteiger partial charge on any atom is -0.478 e. The molecule has 20 heavy (non-hydrogen) atoms. The average Bonchev–Trinajstić information content (AvgIpc) is 2.85. The van der Waals surface area contributed by atoms with Crippen molar-refractivity contribution < 1.29 is 19.5 Å². The lowest BCUT2D eigenvalue weighted by molar-refractivity contribution is -0.132. The molecule has 1 aromatic carbocycles. The van der Waals surface area contributed by atoms with Gasteiger partial charge in [0.15, 0.2) is 0 Å². The molecule has 1 aromatic rings. The Labute approximate surface area is 116 Å². The number of imide groups is 1. The molecule has 1 aliphatic carbocycles. The van der Waals surface area contributed by atoms with Crippen LogP contribution >= 0.6 is 0 Å². The van der Waals surface area contributed by atoms with E-state index in [0.717, 1.165) is 23.3 Å². The first-order valence-corrected chi connectivity index (χ1v) is 6.71. The number of carboxylic acids is 1. The molecule has 0 radical (unpaired) electrons. The number of carbonyl (C=O) groups is 3. The van der Waals surface area contributed by atoms with Crippen LogP contribution in [0.5, 0.6) is 0 Å². The number of piperidine rings is 1. The number of benzene rings is 1. The minimum atomic E-state index is -1.12. The summed E-state index contributed by atoms with van der Waals surface area (Å²) in [6.07, 6.45) is 2.06. The predicted molar refractivity (Wildman–Crippen MR) is 71.5 cm³/mol. The maximum absolute atomic E-state index is 12.4. The van der Waals surface area contributed by atoms with Gasteiger partial charge in [0.05, 0.1) is 11.3 Å². The largest absolute Gasteiger partial charge is 0.478 e. The van der Waals surface area contributed by atoms with Crippen LogP contribution in [0, 0.1) is 18.8 Å². The highest BCUT2D eigenvalue weighted by Crippen LogP contribution is 2.40. The van der Waals surface area contributed by atoms with Gasteiger partial charge >= 0.3 is 5.97 Å². The Morgan fingerprint density at radius 3 is 2.35 bits per heavy atom. The topological polar surface area (TPSA) is 74.7 Å². The van der Waals surface area contributed by atoms with Crippen molar-refractivity contribution in [3.05, 3.63) is 29.3 Å². The van der Waals surface area contributed by atoms with E-state index in [0.29, 0.717) is 6.42 Å². The third-order valence-corrected chi connectivity index (χ3v) is 4.20. The lowest BCUT2D eigenvalue weighted by Crippen LogP contribution is -2.47. The second kappa shape index (κ2) is 4.44. The van der Waals surface area contributed by atoms with Gasteiger partial charge in [-0.3, -0.25) is 9.59 Å². The molecule has 1 saturated heterocycles. The Kier molecular flexibility index (Phi) is 2.85. The normalized spacial score (nSPS) is 25.1. The van der Waals surface area contributed by atoms with Crippen LogP contribution in [-0.2, 0) is 9.59 Å². The maximum Gasteiger partial charge on any atom is 0.337 e. The van der Waals surface area contributed by atoms with E-state index in [1.54, 1.807) is 19.1 Å². The number of hydrogen-bond acceptors (Lipinski definition) is 3. The second-order valence-corrected chi connectivity index (χ2v) is 5.54. The van der Waals surface area contributed by atoms with Gasteiger partial charge in [0.25, 0.3) is 0 Å². The molecule has 104 valence electrons. The van der Waals surface area contributed by atoms with Crippen molar-refractivity contribution in [2.45, 2.75) is 26.2 Å². The molecule has 0 aromatic heterocycles. The van der Waals surface area contributed by atoms with Crippen molar-refractivity contribution in [1.29, 1.82) is 0 Å². The zero-order valence-electron chi connectivity index (χ0n) is 11.1. The molecular formula is C15H15NO4. The monoisotopic (exact) mass is 273 g/mol.